The summed E-state index contributed by atoms with van der Waals surface area (Å²) in [5.41, 5.74) is 2.38. The molecule has 0 atom stereocenters. The van der Waals surface area contributed by atoms with Gasteiger partial charge in [0.25, 0.3) is 5.91 Å². The molecule has 38 heavy (non-hydrogen) atoms. The number of aromatic amines is 1. The maximum Gasteiger partial charge on any atom is 0.259 e. The van der Waals surface area contributed by atoms with Gasteiger partial charge in [0.1, 0.15) is 17.3 Å². The fourth-order valence-corrected chi connectivity index (χ4v) is 4.12. The number of para-hydroxylation sites is 3. The molecule has 182 valence electrons. The number of aromatic hydroxyl groups is 1. The molecule has 0 unspecified atom stereocenters. The van der Waals surface area contributed by atoms with E-state index in [-0.39, 0.29) is 28.4 Å². The highest BCUT2D eigenvalue weighted by Gasteiger charge is 2.20. The lowest BCUT2D eigenvalue weighted by molar-refractivity contribution is 0.102. The molecule has 2 heterocycles. The minimum absolute atomic E-state index is 0.0350. The first-order valence-electron chi connectivity index (χ1n) is 11.6. The predicted octanol–water partition coefficient (Wildman–Crippen LogP) is 6.15. The van der Waals surface area contributed by atoms with Crippen molar-refractivity contribution in [3.63, 3.8) is 0 Å². The molecule has 4 aromatic carbocycles. The first-order valence-corrected chi connectivity index (χ1v) is 11.6. The molecular weight excluding hydrogens is 480 g/mol. The van der Waals surface area contributed by atoms with Crippen molar-refractivity contribution in [2.24, 2.45) is 10.2 Å². The molecule has 10 heteroatoms. The van der Waals surface area contributed by atoms with E-state index in [0.717, 1.165) is 11.0 Å². The summed E-state index contributed by atoms with van der Waals surface area (Å²) in [5, 5.41) is 37.7. The number of nitrogens with one attached hydrogen (secondary N) is 2. The van der Waals surface area contributed by atoms with Crippen molar-refractivity contribution in [3.8, 4) is 17.8 Å². The van der Waals surface area contributed by atoms with Gasteiger partial charge in [-0.1, -0.05) is 54.6 Å². The molecular formula is C28H18N8O2. The van der Waals surface area contributed by atoms with Crippen molar-refractivity contribution in [1.82, 2.24) is 19.7 Å². The smallest absolute Gasteiger partial charge is 0.259 e. The van der Waals surface area contributed by atoms with Gasteiger partial charge in [-0.05, 0) is 35.7 Å². The molecule has 0 aliphatic carbocycles. The number of phenolic OH excluding ortho intramolecular Hbond substituents is 1. The first-order chi connectivity index (χ1) is 18.6. The zero-order valence-electron chi connectivity index (χ0n) is 19.7. The molecule has 0 spiro atoms. The number of nitrogens with zero attached hydrogens (tertiary/aromatic N) is 6. The van der Waals surface area contributed by atoms with Crippen LogP contribution in [0.25, 0.3) is 27.8 Å². The number of imidazole rings is 1. The molecule has 3 N–H and O–H groups in total. The molecule has 1 amide bonds. The molecule has 0 aliphatic rings. The van der Waals surface area contributed by atoms with Crippen LogP contribution in [0.15, 0.2) is 101 Å². The fraction of sp³-hybridized carbons (Fsp3) is 0. The highest BCUT2D eigenvalue weighted by Crippen LogP contribution is 2.40. The number of amides is 1. The predicted molar refractivity (Wildman–Crippen MR) is 142 cm³/mol. The van der Waals surface area contributed by atoms with Crippen LogP contribution in [0.5, 0.6) is 5.75 Å². The van der Waals surface area contributed by atoms with E-state index in [4.69, 9.17) is 0 Å². The Labute approximate surface area is 215 Å². The Morgan fingerprint density at radius 3 is 2.58 bits per heavy atom. The number of aromatic nitrogens is 4. The van der Waals surface area contributed by atoms with Crippen LogP contribution < -0.4 is 5.32 Å². The summed E-state index contributed by atoms with van der Waals surface area (Å²) >= 11 is 0. The van der Waals surface area contributed by atoms with Crippen molar-refractivity contribution in [2.45, 2.75) is 0 Å². The molecule has 6 rings (SSSR count). The third kappa shape index (κ3) is 4.00. The van der Waals surface area contributed by atoms with Gasteiger partial charge in [0.15, 0.2) is 11.6 Å². The fourth-order valence-electron chi connectivity index (χ4n) is 4.12. The number of carbonyl (C=O) groups is 1. The lowest BCUT2D eigenvalue weighted by atomic mass is 10.0. The zero-order chi connectivity index (χ0) is 26.1. The van der Waals surface area contributed by atoms with Gasteiger partial charge >= 0.3 is 0 Å². The van der Waals surface area contributed by atoms with Crippen LogP contribution in [-0.4, -0.2) is 30.8 Å². The van der Waals surface area contributed by atoms with Gasteiger partial charge in [0.05, 0.1) is 22.8 Å². The highest BCUT2D eigenvalue weighted by atomic mass is 16.3. The Hall–Kier alpha value is -5.82. The largest absolute Gasteiger partial charge is 0.505 e. The second-order valence-corrected chi connectivity index (χ2v) is 8.35. The normalized spacial score (nSPS) is 11.2. The van der Waals surface area contributed by atoms with E-state index < -0.39 is 5.91 Å². The van der Waals surface area contributed by atoms with Gasteiger partial charge in [0, 0.05) is 11.1 Å². The molecule has 0 radical (unpaired) electrons. The summed E-state index contributed by atoms with van der Waals surface area (Å²) in [5.74, 6) is -0.365. The number of nitriles is 1. The van der Waals surface area contributed by atoms with Crippen LogP contribution in [0.4, 0.5) is 17.2 Å². The number of H-pyrrole nitrogens is 1. The number of carbonyl (C=O) groups excluding carboxylic acids is 1. The van der Waals surface area contributed by atoms with Crippen molar-refractivity contribution in [3.05, 3.63) is 102 Å². The molecule has 0 saturated carbocycles. The number of fused-ring (bicyclic) bond motifs is 2. The van der Waals surface area contributed by atoms with Crippen LogP contribution in [-0.2, 0) is 0 Å². The summed E-state index contributed by atoms with van der Waals surface area (Å²) in [7, 11) is 0. The maximum atomic E-state index is 13.1. The number of azo groups is 1. The molecule has 6 aromatic rings. The molecule has 0 aliphatic heterocycles. The van der Waals surface area contributed by atoms with Crippen molar-refractivity contribution >= 4 is 44.9 Å². The molecule has 0 fully saturated rings. The van der Waals surface area contributed by atoms with Gasteiger partial charge in [-0.25, -0.2) is 4.98 Å². The van der Waals surface area contributed by atoms with E-state index in [1.165, 1.54) is 10.9 Å². The monoisotopic (exact) mass is 498 g/mol. The summed E-state index contributed by atoms with van der Waals surface area (Å²) in [6.45, 7) is 0. The van der Waals surface area contributed by atoms with Gasteiger partial charge in [-0.3, -0.25) is 4.79 Å². The van der Waals surface area contributed by atoms with Gasteiger partial charge in [-0.15, -0.1) is 10.2 Å². The van der Waals surface area contributed by atoms with Crippen LogP contribution >= 0.6 is 0 Å². The maximum absolute atomic E-state index is 13.1. The van der Waals surface area contributed by atoms with Crippen molar-refractivity contribution in [1.29, 1.82) is 5.26 Å². The van der Waals surface area contributed by atoms with E-state index in [2.05, 4.69) is 36.7 Å². The van der Waals surface area contributed by atoms with Crippen LogP contribution in [0.2, 0.25) is 0 Å². The van der Waals surface area contributed by atoms with Crippen LogP contribution in [0, 0.1) is 11.3 Å². The number of hydrogen-bond donors (Lipinski definition) is 3. The Morgan fingerprint density at radius 2 is 1.76 bits per heavy atom. The van der Waals surface area contributed by atoms with Gasteiger partial charge in [0.2, 0.25) is 5.95 Å². The van der Waals surface area contributed by atoms with E-state index in [0.29, 0.717) is 22.4 Å². The van der Waals surface area contributed by atoms with E-state index in [1.54, 1.807) is 42.5 Å². The second-order valence-electron chi connectivity index (χ2n) is 8.35. The van der Waals surface area contributed by atoms with Crippen molar-refractivity contribution < 1.29 is 9.90 Å². The second kappa shape index (κ2) is 9.33. The first kappa shape index (κ1) is 22.6. The van der Waals surface area contributed by atoms with Crippen LogP contribution in [0.3, 0.4) is 0 Å². The molecule has 10 nitrogen and oxygen atoms in total. The number of benzene rings is 4. The number of hydrogen-bond acceptors (Lipinski definition) is 7. The molecule has 0 saturated heterocycles. The Kier molecular flexibility index (Phi) is 5.56. The Balaban J connectivity index is 1.45. The topological polar surface area (TPSA) is 144 Å². The molecule has 2 aromatic heterocycles. The average Bonchev–Trinajstić information content (AvgIpc) is 3.56. The highest BCUT2D eigenvalue weighted by molar-refractivity contribution is 6.11. The number of rotatable bonds is 5. The minimum atomic E-state index is -0.499. The minimum Gasteiger partial charge on any atom is -0.505 e. The Morgan fingerprint density at radius 1 is 1.00 bits per heavy atom. The molecule has 0 bridgehead atoms. The third-order valence-corrected chi connectivity index (χ3v) is 5.96. The standard InChI is InChI=1S/C28H18N8O2/c29-15-18-16-30-36(28-32-22-12-6-7-13-23(22)33-28)26(18)35-34-24-20-11-5-4-8-17(20)14-21(25(24)37)27(38)31-19-9-2-1-3-10-19/h1-14,16,37H,(H,31,38)(H,32,33). The van der Waals surface area contributed by atoms with E-state index in [1.807, 2.05) is 42.5 Å². The third-order valence-electron chi connectivity index (χ3n) is 5.96. The lowest BCUT2D eigenvalue weighted by Gasteiger charge is -2.11. The average molecular weight is 499 g/mol. The van der Waals surface area contributed by atoms with Crippen molar-refractivity contribution in [2.75, 3.05) is 5.32 Å². The lowest BCUT2D eigenvalue weighted by Crippen LogP contribution is -2.12. The van der Waals surface area contributed by atoms with E-state index >= 15 is 0 Å². The van der Waals surface area contributed by atoms with Gasteiger partial charge in [-0.2, -0.15) is 15.0 Å². The SMILES string of the molecule is N#Cc1cnn(-c2nc3ccccc3[nH]2)c1N=Nc1c(O)c(C(=O)Nc2ccccc2)cc2ccccc12. The van der Waals surface area contributed by atoms with Crippen LogP contribution in [0.1, 0.15) is 15.9 Å². The quantitative estimate of drug-likeness (QED) is 0.244. The summed E-state index contributed by atoms with van der Waals surface area (Å²) in [6.07, 6.45) is 1.36. The van der Waals surface area contributed by atoms with Gasteiger partial charge < -0.3 is 15.4 Å². The zero-order valence-corrected chi connectivity index (χ0v) is 19.7. The number of anilines is 1. The summed E-state index contributed by atoms with van der Waals surface area (Å²) < 4.78 is 1.37. The van der Waals surface area contributed by atoms with E-state index in [9.17, 15) is 15.2 Å². The Bertz CT molecular complexity index is 1860. The number of phenols is 1. The summed E-state index contributed by atoms with van der Waals surface area (Å²) in [6, 6.07) is 27.3. The summed E-state index contributed by atoms with van der Waals surface area (Å²) in [4.78, 5) is 20.8.